The van der Waals surface area contributed by atoms with Gasteiger partial charge in [-0.3, -0.25) is 4.79 Å². The summed E-state index contributed by atoms with van der Waals surface area (Å²) in [5.41, 5.74) is 6.70. The topological polar surface area (TPSA) is 55.6 Å². The lowest BCUT2D eigenvalue weighted by molar-refractivity contribution is -0.135. The van der Waals surface area contributed by atoms with Crippen LogP contribution in [0.4, 0.5) is 4.39 Å². The minimum Gasteiger partial charge on any atom is -0.379 e. The third-order valence-corrected chi connectivity index (χ3v) is 3.15. The van der Waals surface area contributed by atoms with Crippen molar-refractivity contribution in [1.82, 2.24) is 4.90 Å². The van der Waals surface area contributed by atoms with Gasteiger partial charge in [0.15, 0.2) is 0 Å². The average molecular weight is 252 g/mol. The zero-order valence-electron chi connectivity index (χ0n) is 10.3. The van der Waals surface area contributed by atoms with Crippen LogP contribution in [0.2, 0.25) is 0 Å². The molecule has 1 saturated heterocycles. The number of hydrogen-bond donors (Lipinski definition) is 1. The highest BCUT2D eigenvalue weighted by Gasteiger charge is 2.33. The number of amides is 1. The van der Waals surface area contributed by atoms with E-state index in [1.165, 1.54) is 12.1 Å². The van der Waals surface area contributed by atoms with Crippen LogP contribution in [0, 0.1) is 11.7 Å². The van der Waals surface area contributed by atoms with Crippen LogP contribution in [0.15, 0.2) is 24.3 Å². The first-order chi connectivity index (χ1) is 8.58. The summed E-state index contributed by atoms with van der Waals surface area (Å²) in [5, 5.41) is 0. The third kappa shape index (κ3) is 2.86. The predicted molar refractivity (Wildman–Crippen MR) is 65.2 cm³/mol. The Morgan fingerprint density at radius 1 is 1.44 bits per heavy atom. The van der Waals surface area contributed by atoms with Crippen molar-refractivity contribution in [3.05, 3.63) is 35.6 Å². The molecule has 2 atom stereocenters. The summed E-state index contributed by atoms with van der Waals surface area (Å²) >= 11 is 0. The largest absolute Gasteiger partial charge is 0.379 e. The maximum atomic E-state index is 12.8. The van der Waals surface area contributed by atoms with Crippen LogP contribution in [0.3, 0.4) is 0 Å². The molecule has 2 rings (SSSR count). The molecule has 1 fully saturated rings. The molecule has 0 spiro atoms. The van der Waals surface area contributed by atoms with Gasteiger partial charge in [0.25, 0.3) is 0 Å². The van der Waals surface area contributed by atoms with Crippen LogP contribution in [0.5, 0.6) is 0 Å². The van der Waals surface area contributed by atoms with Crippen molar-refractivity contribution in [1.29, 1.82) is 0 Å². The minimum atomic E-state index is -0.279. The summed E-state index contributed by atoms with van der Waals surface area (Å²) in [7, 11) is 1.72. The predicted octanol–water partition coefficient (Wildman–Crippen LogP) is 0.758. The van der Waals surface area contributed by atoms with Gasteiger partial charge in [-0.25, -0.2) is 4.39 Å². The highest BCUT2D eigenvalue weighted by atomic mass is 19.1. The first-order valence-electron chi connectivity index (χ1n) is 5.90. The zero-order valence-corrected chi connectivity index (χ0v) is 10.3. The molecule has 1 heterocycles. The van der Waals surface area contributed by atoms with Crippen molar-refractivity contribution in [2.24, 2.45) is 11.7 Å². The summed E-state index contributed by atoms with van der Waals surface area (Å²) < 4.78 is 18.0. The first-order valence-corrected chi connectivity index (χ1v) is 5.90. The van der Waals surface area contributed by atoms with E-state index in [0.717, 1.165) is 5.56 Å². The van der Waals surface area contributed by atoms with Gasteiger partial charge in [0.2, 0.25) is 5.91 Å². The van der Waals surface area contributed by atoms with E-state index in [9.17, 15) is 9.18 Å². The van der Waals surface area contributed by atoms with Crippen LogP contribution in [0.1, 0.15) is 5.56 Å². The van der Waals surface area contributed by atoms with Crippen molar-refractivity contribution < 1.29 is 13.9 Å². The van der Waals surface area contributed by atoms with Crippen LogP contribution < -0.4 is 5.73 Å². The van der Waals surface area contributed by atoms with Gasteiger partial charge in [0.05, 0.1) is 19.1 Å². The monoisotopic (exact) mass is 252 g/mol. The van der Waals surface area contributed by atoms with Crippen molar-refractivity contribution in [3.8, 4) is 0 Å². The Hall–Kier alpha value is -1.46. The summed E-state index contributed by atoms with van der Waals surface area (Å²) in [6.07, 6.45) is 0. The molecule has 5 heteroatoms. The van der Waals surface area contributed by atoms with E-state index < -0.39 is 0 Å². The van der Waals surface area contributed by atoms with Gasteiger partial charge in [0.1, 0.15) is 5.82 Å². The summed E-state index contributed by atoms with van der Waals surface area (Å²) in [6, 6.07) is 5.89. The number of carbonyl (C=O) groups is 1. The molecule has 1 aliphatic rings. The van der Waals surface area contributed by atoms with Crippen molar-refractivity contribution >= 4 is 5.91 Å². The van der Waals surface area contributed by atoms with Crippen molar-refractivity contribution in [2.45, 2.75) is 12.6 Å². The molecule has 1 aromatic rings. The number of hydrogen-bond acceptors (Lipinski definition) is 3. The lowest BCUT2D eigenvalue weighted by atomic mass is 10.0. The van der Waals surface area contributed by atoms with Crippen LogP contribution in [0.25, 0.3) is 0 Å². The highest BCUT2D eigenvalue weighted by Crippen LogP contribution is 2.16. The van der Waals surface area contributed by atoms with Crippen LogP contribution in [-0.2, 0) is 16.1 Å². The summed E-state index contributed by atoms with van der Waals surface area (Å²) in [4.78, 5) is 13.7. The maximum Gasteiger partial charge on any atom is 0.229 e. The molecule has 2 N–H and O–H groups in total. The van der Waals surface area contributed by atoms with Gasteiger partial charge in [-0.2, -0.15) is 0 Å². The molecule has 2 unspecified atom stereocenters. The van der Waals surface area contributed by atoms with Gasteiger partial charge in [-0.15, -0.1) is 0 Å². The fourth-order valence-corrected chi connectivity index (χ4v) is 2.05. The molecular weight excluding hydrogens is 235 g/mol. The Morgan fingerprint density at radius 3 is 2.67 bits per heavy atom. The minimum absolute atomic E-state index is 0.0238. The lowest BCUT2D eigenvalue weighted by Crippen LogP contribution is -2.41. The quantitative estimate of drug-likeness (QED) is 0.864. The molecule has 0 bridgehead atoms. The standard InChI is InChI=1S/C13H17FN2O2/c1-16(6-9-2-4-10(14)5-3-9)13(17)11-7-18-8-12(11)15/h2-5,11-12H,6-8,15H2,1H3. The smallest absolute Gasteiger partial charge is 0.229 e. The molecule has 18 heavy (non-hydrogen) atoms. The molecule has 4 nitrogen and oxygen atoms in total. The van der Waals surface area contributed by atoms with Gasteiger partial charge in [0, 0.05) is 19.6 Å². The van der Waals surface area contributed by atoms with Crippen LogP contribution >= 0.6 is 0 Å². The Morgan fingerprint density at radius 2 is 2.11 bits per heavy atom. The molecule has 1 aromatic carbocycles. The number of rotatable bonds is 3. The molecule has 98 valence electrons. The Balaban J connectivity index is 1.97. The number of ether oxygens (including phenoxy) is 1. The fourth-order valence-electron chi connectivity index (χ4n) is 2.05. The maximum absolute atomic E-state index is 12.8. The van der Waals surface area contributed by atoms with Gasteiger partial charge < -0.3 is 15.4 Å². The van der Waals surface area contributed by atoms with E-state index in [0.29, 0.717) is 19.8 Å². The second-order valence-electron chi connectivity index (χ2n) is 4.63. The number of carbonyl (C=O) groups excluding carboxylic acids is 1. The van der Waals surface area contributed by atoms with E-state index in [2.05, 4.69) is 0 Å². The fraction of sp³-hybridized carbons (Fsp3) is 0.462. The van der Waals surface area contributed by atoms with Crippen LogP contribution in [-0.4, -0.2) is 37.1 Å². The second-order valence-corrected chi connectivity index (χ2v) is 4.63. The molecule has 1 amide bonds. The Bertz CT molecular complexity index is 422. The SMILES string of the molecule is CN(Cc1ccc(F)cc1)C(=O)C1COCC1N. The third-order valence-electron chi connectivity index (χ3n) is 3.15. The number of halogens is 1. The lowest BCUT2D eigenvalue weighted by Gasteiger charge is -2.22. The average Bonchev–Trinajstić information content (AvgIpc) is 2.77. The van der Waals surface area contributed by atoms with Gasteiger partial charge >= 0.3 is 0 Å². The number of nitrogens with zero attached hydrogens (tertiary/aromatic N) is 1. The molecular formula is C13H17FN2O2. The summed E-state index contributed by atoms with van der Waals surface area (Å²) in [6.45, 7) is 1.26. The Kier molecular flexibility index (Phi) is 3.93. The van der Waals surface area contributed by atoms with Crippen molar-refractivity contribution in [2.75, 3.05) is 20.3 Å². The second kappa shape index (κ2) is 5.46. The van der Waals surface area contributed by atoms with E-state index in [1.807, 2.05) is 0 Å². The van der Waals surface area contributed by atoms with E-state index in [-0.39, 0.29) is 23.7 Å². The molecule has 0 saturated carbocycles. The molecule has 0 radical (unpaired) electrons. The molecule has 0 aliphatic carbocycles. The molecule has 0 aromatic heterocycles. The van der Waals surface area contributed by atoms with Gasteiger partial charge in [-0.1, -0.05) is 12.1 Å². The first kappa shape index (κ1) is 13.0. The normalized spacial score (nSPS) is 23.1. The van der Waals surface area contributed by atoms with E-state index in [1.54, 1.807) is 24.1 Å². The van der Waals surface area contributed by atoms with Gasteiger partial charge in [-0.05, 0) is 17.7 Å². The van der Waals surface area contributed by atoms with E-state index >= 15 is 0 Å². The zero-order chi connectivity index (χ0) is 13.1. The Labute approximate surface area is 106 Å². The number of benzene rings is 1. The molecule has 1 aliphatic heterocycles. The summed E-state index contributed by atoms with van der Waals surface area (Å²) in [5.74, 6) is -0.571. The highest BCUT2D eigenvalue weighted by molar-refractivity contribution is 5.79. The number of nitrogens with two attached hydrogens (primary N) is 1. The van der Waals surface area contributed by atoms with Crippen molar-refractivity contribution in [3.63, 3.8) is 0 Å². The van der Waals surface area contributed by atoms with E-state index in [4.69, 9.17) is 10.5 Å².